The molecule has 1 heterocycles. The third-order valence-electron chi connectivity index (χ3n) is 6.07. The molecule has 27 heavy (non-hydrogen) atoms. The summed E-state index contributed by atoms with van der Waals surface area (Å²) >= 11 is 0. The predicted octanol–water partition coefficient (Wildman–Crippen LogP) is 2.43. The number of halogens is 3. The van der Waals surface area contributed by atoms with E-state index in [0.717, 1.165) is 12.3 Å². The van der Waals surface area contributed by atoms with Gasteiger partial charge in [0.1, 0.15) is 0 Å². The van der Waals surface area contributed by atoms with Crippen LogP contribution in [-0.4, -0.2) is 56.4 Å². The molecule has 3 aliphatic rings. The van der Waals surface area contributed by atoms with Crippen LogP contribution in [0.2, 0.25) is 0 Å². The molecule has 2 unspecified atom stereocenters. The number of hydrogen-bond donors (Lipinski definition) is 2. The fraction of sp³-hybridized carbons (Fsp3) is 0.941. The van der Waals surface area contributed by atoms with Crippen molar-refractivity contribution in [2.45, 2.75) is 69.0 Å². The van der Waals surface area contributed by atoms with E-state index < -0.39 is 15.5 Å². The number of nitrogens with zero attached hydrogens (tertiary/aromatic N) is 2. The number of aliphatic imine (C=N–C) groups is 1. The molecule has 2 atom stereocenters. The largest absolute Gasteiger partial charge is 0.511 e. The first-order chi connectivity index (χ1) is 12.7. The van der Waals surface area contributed by atoms with Gasteiger partial charge in [-0.05, 0) is 31.1 Å². The molecule has 10 heteroatoms. The quantitative estimate of drug-likeness (QED) is 0.552. The van der Waals surface area contributed by atoms with E-state index in [0.29, 0.717) is 35.1 Å². The molecule has 156 valence electrons. The monoisotopic (exact) mass is 410 g/mol. The summed E-state index contributed by atoms with van der Waals surface area (Å²) in [7, 11) is -3.55. The molecule has 0 aromatic heterocycles. The van der Waals surface area contributed by atoms with Crippen LogP contribution in [0.15, 0.2) is 4.99 Å². The Morgan fingerprint density at radius 3 is 2.22 bits per heavy atom. The van der Waals surface area contributed by atoms with Crippen molar-refractivity contribution in [2.75, 3.05) is 20.1 Å². The highest BCUT2D eigenvalue weighted by atomic mass is 32.2. The van der Waals surface area contributed by atoms with Gasteiger partial charge in [0, 0.05) is 32.2 Å². The van der Waals surface area contributed by atoms with Crippen molar-refractivity contribution in [1.82, 2.24) is 14.9 Å². The Labute approximate surface area is 159 Å². The molecule has 2 saturated carbocycles. The van der Waals surface area contributed by atoms with E-state index in [1.807, 2.05) is 0 Å². The molecule has 0 radical (unpaired) electrons. The topological polar surface area (TPSA) is 73.8 Å². The normalized spacial score (nSPS) is 29.6. The van der Waals surface area contributed by atoms with Gasteiger partial charge in [-0.25, -0.2) is 8.42 Å². The molecule has 1 aliphatic heterocycles. The summed E-state index contributed by atoms with van der Waals surface area (Å²) < 4.78 is 61.4. The van der Waals surface area contributed by atoms with Crippen molar-refractivity contribution >= 4 is 16.0 Å². The van der Waals surface area contributed by atoms with E-state index in [2.05, 4.69) is 15.6 Å². The number of hydrogen-bond acceptors (Lipinski definition) is 3. The molecule has 0 amide bonds. The van der Waals surface area contributed by atoms with Crippen molar-refractivity contribution < 1.29 is 21.6 Å². The Hall–Kier alpha value is -1.03. The number of alkyl halides is 3. The number of guanidine groups is 1. The van der Waals surface area contributed by atoms with Gasteiger partial charge in [-0.3, -0.25) is 4.99 Å². The molecule has 6 nitrogen and oxygen atoms in total. The fourth-order valence-electron chi connectivity index (χ4n) is 4.39. The van der Waals surface area contributed by atoms with Crippen molar-refractivity contribution in [2.24, 2.45) is 16.8 Å². The van der Waals surface area contributed by atoms with Gasteiger partial charge in [0.25, 0.3) is 0 Å². The van der Waals surface area contributed by atoms with Gasteiger partial charge in [0.15, 0.2) is 5.96 Å². The van der Waals surface area contributed by atoms with Crippen LogP contribution in [0.1, 0.15) is 51.4 Å². The molecule has 0 bridgehead atoms. The van der Waals surface area contributed by atoms with Crippen molar-refractivity contribution in [3.8, 4) is 0 Å². The lowest BCUT2D eigenvalue weighted by molar-refractivity contribution is -0.0494. The highest BCUT2D eigenvalue weighted by Crippen LogP contribution is 2.44. The predicted molar refractivity (Wildman–Crippen MR) is 97.7 cm³/mol. The molecule has 1 saturated heterocycles. The van der Waals surface area contributed by atoms with E-state index >= 15 is 0 Å². The first kappa shape index (κ1) is 20.7. The molecule has 3 rings (SSSR count). The first-order valence-corrected chi connectivity index (χ1v) is 11.2. The van der Waals surface area contributed by atoms with Crippen molar-refractivity contribution in [1.29, 1.82) is 0 Å². The lowest BCUT2D eigenvalue weighted by Gasteiger charge is -2.32. The average molecular weight is 411 g/mol. The Morgan fingerprint density at radius 1 is 1.04 bits per heavy atom. The van der Waals surface area contributed by atoms with Crippen LogP contribution in [0.4, 0.5) is 13.2 Å². The van der Waals surface area contributed by atoms with Crippen LogP contribution in [0.25, 0.3) is 0 Å². The second-order valence-electron chi connectivity index (χ2n) is 7.89. The Bertz CT molecular complexity index is 639. The van der Waals surface area contributed by atoms with E-state index in [-0.39, 0.29) is 19.1 Å². The lowest BCUT2D eigenvalue weighted by atomic mass is 9.85. The minimum absolute atomic E-state index is 0.0808. The summed E-state index contributed by atoms with van der Waals surface area (Å²) in [6.07, 6.45) is 8.39. The van der Waals surface area contributed by atoms with E-state index in [4.69, 9.17) is 0 Å². The number of rotatable bonds is 4. The van der Waals surface area contributed by atoms with Crippen LogP contribution >= 0.6 is 0 Å². The van der Waals surface area contributed by atoms with Crippen LogP contribution in [-0.2, 0) is 10.0 Å². The standard InChI is InChI=1S/C17H29F3N4O2S/c1-21-16(23-15-11-14(15)12-5-3-2-4-6-12)22-13-7-9-24(10-8-13)27(25,26)17(18,19)20/h12-15H,2-11H2,1H3,(H2,21,22,23). The van der Waals surface area contributed by atoms with Gasteiger partial charge >= 0.3 is 15.5 Å². The summed E-state index contributed by atoms with van der Waals surface area (Å²) in [5.41, 5.74) is -5.23. The summed E-state index contributed by atoms with van der Waals surface area (Å²) in [6, 6.07) is 0.341. The van der Waals surface area contributed by atoms with Crippen molar-refractivity contribution in [3.05, 3.63) is 0 Å². The number of piperidine rings is 1. The van der Waals surface area contributed by atoms with Crippen LogP contribution in [0.3, 0.4) is 0 Å². The summed E-state index contributed by atoms with van der Waals surface area (Å²) in [6.45, 7) is -0.269. The molecule has 0 aromatic carbocycles. The maximum atomic E-state index is 12.6. The SMILES string of the molecule is CN=C(NC1CCN(S(=O)(=O)C(F)(F)F)CC1)NC1CC1C1CCCCC1. The van der Waals surface area contributed by atoms with E-state index in [1.165, 1.54) is 32.1 Å². The Balaban J connectivity index is 1.44. The highest BCUT2D eigenvalue weighted by molar-refractivity contribution is 7.90. The van der Waals surface area contributed by atoms with Gasteiger partial charge in [0.05, 0.1) is 0 Å². The molecule has 2 N–H and O–H groups in total. The van der Waals surface area contributed by atoms with Crippen LogP contribution in [0.5, 0.6) is 0 Å². The third kappa shape index (κ3) is 4.88. The van der Waals surface area contributed by atoms with Gasteiger partial charge in [-0.2, -0.15) is 17.5 Å². The maximum absolute atomic E-state index is 12.6. The number of nitrogens with one attached hydrogen (secondary N) is 2. The smallest absolute Gasteiger partial charge is 0.354 e. The summed E-state index contributed by atoms with van der Waals surface area (Å²) in [4.78, 5) is 4.23. The fourth-order valence-corrected chi connectivity index (χ4v) is 5.37. The zero-order valence-corrected chi connectivity index (χ0v) is 16.5. The van der Waals surface area contributed by atoms with Crippen LogP contribution < -0.4 is 10.6 Å². The van der Waals surface area contributed by atoms with Gasteiger partial charge in [-0.1, -0.05) is 32.1 Å². The lowest BCUT2D eigenvalue weighted by Crippen LogP contribution is -2.52. The maximum Gasteiger partial charge on any atom is 0.511 e. The minimum Gasteiger partial charge on any atom is -0.354 e. The zero-order valence-electron chi connectivity index (χ0n) is 15.6. The molecular formula is C17H29F3N4O2S. The van der Waals surface area contributed by atoms with Gasteiger partial charge in [0.2, 0.25) is 0 Å². The Kier molecular flexibility index (Phi) is 6.24. The highest BCUT2D eigenvalue weighted by Gasteiger charge is 2.50. The van der Waals surface area contributed by atoms with Gasteiger partial charge in [-0.15, -0.1) is 0 Å². The van der Waals surface area contributed by atoms with E-state index in [1.54, 1.807) is 7.05 Å². The van der Waals surface area contributed by atoms with Gasteiger partial charge < -0.3 is 10.6 Å². The first-order valence-electron chi connectivity index (χ1n) is 9.78. The molecule has 3 fully saturated rings. The van der Waals surface area contributed by atoms with E-state index in [9.17, 15) is 21.6 Å². The molecular weight excluding hydrogens is 381 g/mol. The van der Waals surface area contributed by atoms with Crippen molar-refractivity contribution in [3.63, 3.8) is 0 Å². The zero-order chi connectivity index (χ0) is 19.7. The molecule has 2 aliphatic carbocycles. The molecule has 0 aromatic rings. The summed E-state index contributed by atoms with van der Waals surface area (Å²) in [5.74, 6) is 2.16. The minimum atomic E-state index is -5.23. The number of sulfonamides is 1. The average Bonchev–Trinajstić information content (AvgIpc) is 3.40. The second kappa shape index (κ2) is 8.14. The second-order valence-corrected chi connectivity index (χ2v) is 9.82. The third-order valence-corrected chi connectivity index (χ3v) is 7.70. The summed E-state index contributed by atoms with van der Waals surface area (Å²) in [5, 5.41) is 6.68. The Morgan fingerprint density at radius 2 is 1.67 bits per heavy atom. The molecule has 0 spiro atoms. The van der Waals surface area contributed by atoms with Crippen LogP contribution in [0, 0.1) is 11.8 Å².